The van der Waals surface area contributed by atoms with Crippen molar-refractivity contribution in [2.45, 2.75) is 206 Å². The van der Waals surface area contributed by atoms with Gasteiger partial charge in [-0.25, -0.2) is 0 Å². The maximum Gasteiger partial charge on any atom is 0.135 e. The Kier molecular flexibility index (Phi) is 24.8. The predicted molar refractivity (Wildman–Crippen MR) is 222 cm³/mol. The zero-order chi connectivity index (χ0) is 35.2. The number of hydrogen-bond donors (Lipinski definition) is 0. The van der Waals surface area contributed by atoms with Gasteiger partial charge in [-0.3, -0.25) is 0 Å². The molecule has 0 unspecified atom stereocenters. The van der Waals surface area contributed by atoms with Gasteiger partial charge in [-0.15, -0.1) is 0 Å². The molecule has 0 aliphatic carbocycles. The zero-order valence-corrected chi connectivity index (χ0v) is 33.1. The van der Waals surface area contributed by atoms with Crippen LogP contribution in [0.15, 0.2) is 48.5 Å². The number of fused-ring (bicyclic) bond motifs is 2. The fourth-order valence-electron chi connectivity index (χ4n) is 7.65. The number of hydrogen-bond acceptors (Lipinski definition) is 2. The van der Waals surface area contributed by atoms with Crippen molar-refractivity contribution in [2.24, 2.45) is 0 Å². The molecule has 0 bridgehead atoms. The Balaban J connectivity index is 1.29. The van der Waals surface area contributed by atoms with Gasteiger partial charge in [0, 0.05) is 21.5 Å². The van der Waals surface area contributed by atoms with Crippen molar-refractivity contribution in [1.82, 2.24) is 0 Å². The molecule has 0 heterocycles. The van der Waals surface area contributed by atoms with E-state index in [-0.39, 0.29) is 0 Å². The minimum atomic E-state index is 0.783. The van der Waals surface area contributed by atoms with E-state index in [2.05, 4.69) is 62.4 Å². The average molecular weight is 687 g/mol. The summed E-state index contributed by atoms with van der Waals surface area (Å²) in [6.07, 6.45) is 41.5. The van der Waals surface area contributed by atoms with Crippen molar-refractivity contribution >= 4 is 21.5 Å². The van der Waals surface area contributed by atoms with Crippen LogP contribution in [-0.4, -0.2) is 13.2 Å². The number of benzene rings is 3. The molecule has 0 aromatic heterocycles. The Hall–Kier alpha value is -2.22. The molecular formula is C48H78O2. The maximum absolute atomic E-state index is 6.58. The van der Waals surface area contributed by atoms with Crippen LogP contribution in [0, 0.1) is 0 Å². The highest BCUT2D eigenvalue weighted by atomic mass is 16.5. The second-order valence-corrected chi connectivity index (χ2v) is 15.3. The largest absolute Gasteiger partial charge is 0.492 e. The predicted octanol–water partition coefficient (Wildman–Crippen LogP) is 16.5. The number of rotatable bonds is 34. The van der Waals surface area contributed by atoms with Crippen molar-refractivity contribution in [3.8, 4) is 11.5 Å². The third-order valence-corrected chi connectivity index (χ3v) is 10.8. The quantitative estimate of drug-likeness (QED) is 0.0460. The lowest BCUT2D eigenvalue weighted by Gasteiger charge is -2.18. The van der Waals surface area contributed by atoms with Gasteiger partial charge in [0.05, 0.1) is 13.2 Å². The summed E-state index contributed by atoms with van der Waals surface area (Å²) in [5.74, 6) is 2.06. The molecule has 3 rings (SSSR count). The van der Waals surface area contributed by atoms with Gasteiger partial charge in [0.25, 0.3) is 0 Å². The van der Waals surface area contributed by atoms with E-state index in [1.807, 2.05) is 0 Å². The highest BCUT2D eigenvalue weighted by Gasteiger charge is 2.15. The van der Waals surface area contributed by atoms with E-state index >= 15 is 0 Å². The average Bonchev–Trinajstić information content (AvgIpc) is 3.14. The van der Waals surface area contributed by atoms with Crippen molar-refractivity contribution in [2.75, 3.05) is 13.2 Å². The number of unbranched alkanes of at least 4 members (excludes halogenated alkanes) is 28. The summed E-state index contributed by atoms with van der Waals surface area (Å²) in [6, 6.07) is 17.4. The van der Waals surface area contributed by atoms with Gasteiger partial charge in [-0.1, -0.05) is 242 Å². The van der Waals surface area contributed by atoms with Crippen molar-refractivity contribution in [1.29, 1.82) is 0 Å². The first-order valence-electron chi connectivity index (χ1n) is 22.1. The highest BCUT2D eigenvalue weighted by molar-refractivity contribution is 6.11. The lowest BCUT2D eigenvalue weighted by atomic mass is 10.0. The molecule has 0 saturated heterocycles. The minimum Gasteiger partial charge on any atom is -0.492 e. The van der Waals surface area contributed by atoms with Crippen molar-refractivity contribution < 1.29 is 9.47 Å². The molecule has 282 valence electrons. The molecule has 2 nitrogen and oxygen atoms in total. The van der Waals surface area contributed by atoms with Gasteiger partial charge < -0.3 is 9.47 Å². The molecule has 0 fully saturated rings. The monoisotopic (exact) mass is 687 g/mol. The molecule has 0 saturated carbocycles. The summed E-state index contributed by atoms with van der Waals surface area (Å²) >= 11 is 0. The van der Waals surface area contributed by atoms with E-state index in [0.29, 0.717) is 0 Å². The van der Waals surface area contributed by atoms with Gasteiger partial charge in [-0.2, -0.15) is 0 Å². The lowest BCUT2D eigenvalue weighted by molar-refractivity contribution is 0.306. The SMILES string of the molecule is CCCCCCCCCCCCCCCCCOc1c2ccccc2c(OCCCCCCCCCCCCCCCCC)c2ccccc12. The van der Waals surface area contributed by atoms with Crippen LogP contribution in [-0.2, 0) is 0 Å². The minimum absolute atomic E-state index is 0.783. The van der Waals surface area contributed by atoms with E-state index in [4.69, 9.17) is 9.47 Å². The van der Waals surface area contributed by atoms with Gasteiger partial charge in [-0.05, 0) is 12.8 Å². The van der Waals surface area contributed by atoms with Gasteiger partial charge in [0.1, 0.15) is 11.5 Å². The maximum atomic E-state index is 6.58. The van der Waals surface area contributed by atoms with E-state index in [9.17, 15) is 0 Å². The molecule has 0 aliphatic rings. The molecular weight excluding hydrogens is 609 g/mol. The van der Waals surface area contributed by atoms with Crippen LogP contribution >= 0.6 is 0 Å². The first kappa shape index (κ1) is 42.2. The highest BCUT2D eigenvalue weighted by Crippen LogP contribution is 2.42. The Bertz CT molecular complexity index is 1060. The van der Waals surface area contributed by atoms with Crippen LogP contribution in [0.5, 0.6) is 11.5 Å². The molecule has 0 radical (unpaired) electrons. The first-order valence-corrected chi connectivity index (χ1v) is 22.1. The molecule has 0 amide bonds. The standard InChI is InChI=1S/C48H78O2/c1-3-5-7-9-11-13-15-17-19-21-23-25-27-29-35-41-49-47-43-37-31-33-39-45(43)48(46-40-34-32-38-44(46)47)50-42-36-30-28-26-24-22-20-18-16-14-12-10-8-6-4-2/h31-34,37-40H,3-30,35-36,41-42H2,1-2H3. The summed E-state index contributed by atoms with van der Waals surface area (Å²) in [7, 11) is 0. The summed E-state index contributed by atoms with van der Waals surface area (Å²) in [5.41, 5.74) is 0. The molecule has 0 N–H and O–H groups in total. The molecule has 0 spiro atoms. The zero-order valence-electron chi connectivity index (χ0n) is 33.1. The summed E-state index contributed by atoms with van der Waals surface area (Å²) < 4.78 is 13.2. The first-order chi connectivity index (χ1) is 24.9. The van der Waals surface area contributed by atoms with E-state index in [0.717, 1.165) is 37.6 Å². The summed E-state index contributed by atoms with van der Waals surface area (Å²) in [6.45, 7) is 6.17. The Morgan fingerprint density at radius 1 is 0.280 bits per heavy atom. The molecule has 3 aromatic rings. The van der Waals surface area contributed by atoms with Crippen LogP contribution in [0.3, 0.4) is 0 Å². The molecule has 50 heavy (non-hydrogen) atoms. The third-order valence-electron chi connectivity index (χ3n) is 10.8. The van der Waals surface area contributed by atoms with E-state index in [1.54, 1.807) is 0 Å². The second-order valence-electron chi connectivity index (χ2n) is 15.3. The van der Waals surface area contributed by atoms with Gasteiger partial charge in [0.2, 0.25) is 0 Å². The van der Waals surface area contributed by atoms with Gasteiger partial charge in [0.15, 0.2) is 0 Å². The van der Waals surface area contributed by atoms with Crippen LogP contribution in [0.2, 0.25) is 0 Å². The molecule has 0 aliphatic heterocycles. The summed E-state index contributed by atoms with van der Waals surface area (Å²) in [5, 5.41) is 4.72. The van der Waals surface area contributed by atoms with Crippen molar-refractivity contribution in [3.63, 3.8) is 0 Å². The van der Waals surface area contributed by atoms with Crippen molar-refractivity contribution in [3.05, 3.63) is 48.5 Å². The Morgan fingerprint density at radius 2 is 0.480 bits per heavy atom. The smallest absolute Gasteiger partial charge is 0.135 e. The lowest BCUT2D eigenvalue weighted by Crippen LogP contribution is -2.02. The van der Waals surface area contributed by atoms with E-state index < -0.39 is 0 Å². The second kappa shape index (κ2) is 29.4. The molecule has 0 atom stereocenters. The summed E-state index contributed by atoms with van der Waals surface area (Å²) in [4.78, 5) is 0. The van der Waals surface area contributed by atoms with Crippen LogP contribution in [0.25, 0.3) is 21.5 Å². The fraction of sp³-hybridized carbons (Fsp3) is 0.708. The fourth-order valence-corrected chi connectivity index (χ4v) is 7.65. The molecule has 2 heteroatoms. The van der Waals surface area contributed by atoms with Gasteiger partial charge >= 0.3 is 0 Å². The van der Waals surface area contributed by atoms with Crippen LogP contribution in [0.1, 0.15) is 206 Å². The normalized spacial score (nSPS) is 11.6. The third kappa shape index (κ3) is 17.8. The van der Waals surface area contributed by atoms with Crippen LogP contribution in [0.4, 0.5) is 0 Å². The Labute approximate surface area is 309 Å². The van der Waals surface area contributed by atoms with Crippen LogP contribution < -0.4 is 9.47 Å². The molecule has 3 aromatic carbocycles. The number of ether oxygens (including phenoxy) is 2. The topological polar surface area (TPSA) is 18.5 Å². The van der Waals surface area contributed by atoms with E-state index in [1.165, 1.54) is 201 Å². The Morgan fingerprint density at radius 3 is 0.700 bits per heavy atom.